The van der Waals surface area contributed by atoms with Crippen LogP contribution in [0.5, 0.6) is 0 Å². The third-order valence-corrected chi connectivity index (χ3v) is 7.53. The molecule has 6 rings (SSSR count). The van der Waals surface area contributed by atoms with Crippen molar-refractivity contribution in [1.29, 1.82) is 0 Å². The second-order valence-corrected chi connectivity index (χ2v) is 9.19. The van der Waals surface area contributed by atoms with Crippen molar-refractivity contribution >= 4 is 16.9 Å². The van der Waals surface area contributed by atoms with E-state index in [4.69, 9.17) is 4.99 Å². The average Bonchev–Trinajstić information content (AvgIpc) is 3.09. The van der Waals surface area contributed by atoms with Crippen LogP contribution in [0.15, 0.2) is 4.99 Å². The van der Waals surface area contributed by atoms with Gasteiger partial charge < -0.3 is 5.32 Å². The highest BCUT2D eigenvalue weighted by atomic mass is 32.2. The van der Waals surface area contributed by atoms with E-state index in [0.29, 0.717) is 5.54 Å². The first-order valence-corrected chi connectivity index (χ1v) is 9.15. The molecule has 19 heavy (non-hydrogen) atoms. The van der Waals surface area contributed by atoms with Crippen LogP contribution in [0.25, 0.3) is 0 Å². The van der Waals surface area contributed by atoms with Gasteiger partial charge in [0.05, 0.1) is 6.54 Å². The molecule has 0 amide bonds. The molecule has 1 atom stereocenters. The zero-order chi connectivity index (χ0) is 12.4. The van der Waals surface area contributed by atoms with E-state index in [2.05, 4.69) is 17.1 Å². The van der Waals surface area contributed by atoms with Crippen LogP contribution >= 0.6 is 11.8 Å². The van der Waals surface area contributed by atoms with Gasteiger partial charge in [0.1, 0.15) is 0 Å². The van der Waals surface area contributed by atoms with Crippen molar-refractivity contribution in [2.45, 2.75) is 62.2 Å². The molecule has 2 nitrogen and oxygen atoms in total. The summed E-state index contributed by atoms with van der Waals surface area (Å²) in [6, 6.07) is 0. The lowest BCUT2D eigenvalue weighted by atomic mass is 9.53. The van der Waals surface area contributed by atoms with Gasteiger partial charge in [0.25, 0.3) is 0 Å². The quantitative estimate of drug-likeness (QED) is 0.835. The number of nitrogens with one attached hydrogen (secondary N) is 1. The molecule has 4 bridgehead atoms. The number of rotatable bonds is 2. The van der Waals surface area contributed by atoms with Gasteiger partial charge in [0, 0.05) is 10.8 Å². The summed E-state index contributed by atoms with van der Waals surface area (Å²) in [5, 5.41) is 6.07. The van der Waals surface area contributed by atoms with Crippen LogP contribution in [0.2, 0.25) is 0 Å². The highest BCUT2D eigenvalue weighted by Crippen LogP contribution is 2.56. The molecule has 0 aromatic carbocycles. The van der Waals surface area contributed by atoms with E-state index in [1.54, 1.807) is 0 Å². The number of aliphatic imine (C=N–C) groups is 1. The lowest BCUT2D eigenvalue weighted by molar-refractivity contribution is -0.00962. The zero-order valence-electron chi connectivity index (χ0n) is 11.6. The molecule has 1 aliphatic heterocycles. The Morgan fingerprint density at radius 3 is 2.21 bits per heavy atom. The van der Waals surface area contributed by atoms with Gasteiger partial charge in [-0.15, -0.1) is 0 Å². The predicted molar refractivity (Wildman–Crippen MR) is 80.4 cm³/mol. The van der Waals surface area contributed by atoms with Gasteiger partial charge in [-0.1, -0.05) is 11.8 Å². The van der Waals surface area contributed by atoms with Crippen LogP contribution in [0.4, 0.5) is 0 Å². The van der Waals surface area contributed by atoms with Crippen molar-refractivity contribution in [2.24, 2.45) is 28.7 Å². The Morgan fingerprint density at radius 2 is 1.63 bits per heavy atom. The van der Waals surface area contributed by atoms with Crippen molar-refractivity contribution in [1.82, 2.24) is 5.32 Å². The first kappa shape index (κ1) is 11.5. The Bertz CT molecular complexity index is 391. The van der Waals surface area contributed by atoms with Crippen LogP contribution in [-0.4, -0.2) is 22.5 Å². The molecule has 5 saturated carbocycles. The van der Waals surface area contributed by atoms with Gasteiger partial charge in [-0.25, -0.2) is 0 Å². The van der Waals surface area contributed by atoms with Gasteiger partial charge in [-0.05, 0) is 75.0 Å². The standard InChI is InChI=1S/C16H24N2S/c1-2-13(1)14-9-17-15(19-14)18-16-6-10-3-11(7-16)5-12(4-10)8-16/h10-14H,1-9H2,(H,17,18). The molecule has 1 N–H and O–H groups in total. The maximum absolute atomic E-state index is 4.82. The Hall–Kier alpha value is -0.180. The molecule has 6 aliphatic rings. The van der Waals surface area contributed by atoms with E-state index in [9.17, 15) is 0 Å². The van der Waals surface area contributed by atoms with Crippen molar-refractivity contribution in [3.05, 3.63) is 0 Å². The van der Waals surface area contributed by atoms with Crippen molar-refractivity contribution in [3.63, 3.8) is 0 Å². The molecule has 0 radical (unpaired) electrons. The van der Waals surface area contributed by atoms with Crippen LogP contribution in [-0.2, 0) is 0 Å². The molecule has 104 valence electrons. The summed E-state index contributed by atoms with van der Waals surface area (Å²) in [6.45, 7) is 1.09. The molecule has 0 aromatic rings. The molecule has 5 aliphatic carbocycles. The summed E-state index contributed by atoms with van der Waals surface area (Å²) in [6.07, 6.45) is 11.8. The van der Waals surface area contributed by atoms with E-state index in [1.165, 1.54) is 56.5 Å². The molecular weight excluding hydrogens is 252 g/mol. The highest BCUT2D eigenvalue weighted by Gasteiger charge is 2.51. The molecule has 1 heterocycles. The average molecular weight is 276 g/mol. The fourth-order valence-electron chi connectivity index (χ4n) is 5.66. The second kappa shape index (κ2) is 3.93. The van der Waals surface area contributed by atoms with E-state index < -0.39 is 0 Å². The fraction of sp³-hybridized carbons (Fsp3) is 0.938. The third kappa shape index (κ3) is 1.95. The van der Waals surface area contributed by atoms with Crippen LogP contribution < -0.4 is 5.32 Å². The van der Waals surface area contributed by atoms with Crippen LogP contribution in [0.1, 0.15) is 51.4 Å². The second-order valence-electron chi connectivity index (χ2n) is 7.96. The minimum absolute atomic E-state index is 0.457. The molecule has 0 aromatic heterocycles. The van der Waals surface area contributed by atoms with Gasteiger partial charge in [-0.3, -0.25) is 4.99 Å². The maximum atomic E-state index is 4.82. The minimum Gasteiger partial charge on any atom is -0.359 e. The number of amidine groups is 1. The number of hydrogen-bond donors (Lipinski definition) is 1. The monoisotopic (exact) mass is 276 g/mol. The van der Waals surface area contributed by atoms with Crippen molar-refractivity contribution in [2.75, 3.05) is 6.54 Å². The summed E-state index contributed by atoms with van der Waals surface area (Å²) in [7, 11) is 0. The molecule has 1 unspecified atom stereocenters. The van der Waals surface area contributed by atoms with E-state index in [-0.39, 0.29) is 0 Å². The number of hydrogen-bond acceptors (Lipinski definition) is 3. The van der Waals surface area contributed by atoms with Crippen molar-refractivity contribution < 1.29 is 0 Å². The molecular formula is C16H24N2S. The summed E-state index contributed by atoms with van der Waals surface area (Å²) in [4.78, 5) is 4.82. The third-order valence-electron chi connectivity index (χ3n) is 6.24. The summed E-state index contributed by atoms with van der Waals surface area (Å²) in [5.74, 6) is 4.09. The lowest BCUT2D eigenvalue weighted by Crippen LogP contribution is -2.59. The summed E-state index contributed by atoms with van der Waals surface area (Å²) in [5.41, 5.74) is 0.457. The van der Waals surface area contributed by atoms with Gasteiger partial charge in [0.2, 0.25) is 0 Å². The normalized spacial score (nSPS) is 51.5. The van der Waals surface area contributed by atoms with Gasteiger partial charge >= 0.3 is 0 Å². The Labute approximate surface area is 120 Å². The largest absolute Gasteiger partial charge is 0.359 e. The number of nitrogens with zero attached hydrogens (tertiary/aromatic N) is 1. The van der Waals surface area contributed by atoms with Crippen molar-refractivity contribution in [3.8, 4) is 0 Å². The molecule has 0 saturated heterocycles. The summed E-state index contributed by atoms with van der Waals surface area (Å²) >= 11 is 2.07. The first-order chi connectivity index (χ1) is 9.28. The zero-order valence-corrected chi connectivity index (χ0v) is 12.4. The predicted octanol–water partition coefficient (Wildman–Crippen LogP) is 3.43. The molecule has 0 spiro atoms. The minimum atomic E-state index is 0.457. The van der Waals surface area contributed by atoms with Gasteiger partial charge in [-0.2, -0.15) is 0 Å². The van der Waals surface area contributed by atoms with E-state index in [0.717, 1.165) is 35.5 Å². The molecule has 3 heteroatoms. The van der Waals surface area contributed by atoms with Crippen LogP contribution in [0, 0.1) is 23.7 Å². The van der Waals surface area contributed by atoms with E-state index >= 15 is 0 Å². The van der Waals surface area contributed by atoms with Gasteiger partial charge in [0.15, 0.2) is 5.17 Å². The summed E-state index contributed by atoms with van der Waals surface area (Å²) < 4.78 is 0. The smallest absolute Gasteiger partial charge is 0.157 e. The Kier molecular flexibility index (Phi) is 2.37. The Morgan fingerprint density at radius 1 is 1.00 bits per heavy atom. The Balaban J connectivity index is 1.31. The lowest BCUT2D eigenvalue weighted by Gasteiger charge is -2.57. The highest BCUT2D eigenvalue weighted by molar-refractivity contribution is 8.14. The number of thioether (sulfide) groups is 1. The maximum Gasteiger partial charge on any atom is 0.157 e. The molecule has 5 fully saturated rings. The van der Waals surface area contributed by atoms with E-state index in [1.807, 2.05) is 0 Å². The topological polar surface area (TPSA) is 24.4 Å². The fourth-order valence-corrected chi connectivity index (χ4v) is 6.99. The first-order valence-electron chi connectivity index (χ1n) is 8.27. The SMILES string of the molecule is C1C2CC3CC1CC(NC1=NCC(C4CC4)S1)(C2)C3. The van der Waals surface area contributed by atoms with Crippen LogP contribution in [0.3, 0.4) is 0 Å².